The van der Waals surface area contributed by atoms with E-state index in [4.69, 9.17) is 30.5 Å². The Morgan fingerprint density at radius 3 is 1.91 bits per heavy atom. The van der Waals surface area contributed by atoms with Crippen LogP contribution in [0, 0.1) is 12.3 Å². The highest BCUT2D eigenvalue weighted by molar-refractivity contribution is 7.13. The number of nitrogens with one attached hydrogen (secondary N) is 2. The predicted molar refractivity (Wildman–Crippen MR) is 306 cm³/mol. The van der Waals surface area contributed by atoms with Gasteiger partial charge >= 0.3 is 0 Å². The summed E-state index contributed by atoms with van der Waals surface area (Å²) >= 11 is 7.87. The van der Waals surface area contributed by atoms with Crippen molar-refractivity contribution in [3.63, 3.8) is 0 Å². The van der Waals surface area contributed by atoms with E-state index >= 15 is 0 Å². The van der Waals surface area contributed by atoms with Crippen LogP contribution in [0.5, 0.6) is 17.2 Å². The van der Waals surface area contributed by atoms with Crippen molar-refractivity contribution < 1.29 is 53.4 Å². The molecule has 2 aliphatic heterocycles. The molecule has 2 saturated heterocycles. The second kappa shape index (κ2) is 29.7. The van der Waals surface area contributed by atoms with Gasteiger partial charge in [0.1, 0.15) is 35.9 Å². The Morgan fingerprint density at radius 1 is 0.747 bits per heavy atom. The Kier molecular flexibility index (Phi) is 22.7. The number of aromatic nitrogens is 1. The van der Waals surface area contributed by atoms with Gasteiger partial charge < -0.3 is 54.7 Å². The number of thiazole rings is 1. The zero-order valence-corrected chi connectivity index (χ0v) is 47.2. The van der Waals surface area contributed by atoms with Gasteiger partial charge in [-0.1, -0.05) is 81.4 Å². The monoisotopic (exact) mass is 1120 g/mol. The number of aliphatic hydroxyl groups excluding tert-OH is 1. The van der Waals surface area contributed by atoms with Crippen molar-refractivity contribution in [3.05, 3.63) is 131 Å². The molecule has 0 aliphatic carbocycles. The minimum absolute atomic E-state index is 0.0103. The van der Waals surface area contributed by atoms with Crippen LogP contribution in [0.3, 0.4) is 0 Å². The molecule has 17 nitrogen and oxygen atoms in total. The molecule has 3 atom stereocenters. The summed E-state index contributed by atoms with van der Waals surface area (Å²) in [4.78, 5) is 64.4. The zero-order chi connectivity index (χ0) is 56.3. The molecule has 5 N–H and O–H groups in total. The molecule has 0 saturated carbocycles. The van der Waals surface area contributed by atoms with Gasteiger partial charge in [0.2, 0.25) is 23.6 Å². The minimum atomic E-state index is -0.943. The maximum absolute atomic E-state index is 14.0. The molecule has 0 unspecified atom stereocenters. The van der Waals surface area contributed by atoms with Crippen molar-refractivity contribution in [3.8, 4) is 27.7 Å². The maximum Gasteiger partial charge on any atom is 0.246 e. The van der Waals surface area contributed by atoms with Crippen LogP contribution in [-0.2, 0) is 39.9 Å². The van der Waals surface area contributed by atoms with E-state index in [9.17, 15) is 34.5 Å². The molecule has 2 aliphatic rings. The number of nitrogens with zero attached hydrogens (tertiary/aromatic N) is 4. The number of phenolic OH excluding ortho intramolecular Hbond substituents is 2. The van der Waals surface area contributed by atoms with Gasteiger partial charge in [0.05, 0.1) is 68.2 Å². The molecule has 0 radical (unpaired) electrons. The van der Waals surface area contributed by atoms with Gasteiger partial charge in [-0.15, -0.1) is 22.9 Å². The van der Waals surface area contributed by atoms with E-state index in [0.717, 1.165) is 74.9 Å². The highest BCUT2D eigenvalue weighted by Crippen LogP contribution is 2.37. The van der Waals surface area contributed by atoms with Gasteiger partial charge in [-0.3, -0.25) is 24.1 Å². The number of ether oxygens (including phenoxy) is 4. The van der Waals surface area contributed by atoms with Gasteiger partial charge in [0.15, 0.2) is 0 Å². The topological polar surface area (TPSA) is 213 Å². The number of piperazine rings is 1. The molecule has 1 aromatic heterocycles. The van der Waals surface area contributed by atoms with Crippen LogP contribution in [0.25, 0.3) is 21.6 Å². The zero-order valence-electron chi connectivity index (χ0n) is 45.7. The molecule has 4 amide bonds. The fourth-order valence-corrected chi connectivity index (χ4v) is 10.6. The summed E-state index contributed by atoms with van der Waals surface area (Å²) < 4.78 is 23.1. The predicted octanol–water partition coefficient (Wildman–Crippen LogP) is 7.28. The lowest BCUT2D eigenvalue weighted by Crippen LogP contribution is -2.57. The van der Waals surface area contributed by atoms with Crippen LogP contribution in [0.15, 0.2) is 103 Å². The summed E-state index contributed by atoms with van der Waals surface area (Å²) in [5.41, 5.74) is 8.86. The fraction of sp³-hybridized carbons (Fsp3) is 0.450. The number of allylic oxidation sites excluding steroid dienone is 1. The molecule has 19 heteroatoms. The molecule has 4 aromatic carbocycles. The van der Waals surface area contributed by atoms with Crippen molar-refractivity contribution in [2.24, 2.45) is 5.41 Å². The van der Waals surface area contributed by atoms with Crippen LogP contribution in [0.1, 0.15) is 74.4 Å². The number of aliphatic hydroxyl groups is 1. The average Bonchev–Trinajstić information content (AvgIpc) is 4.12. The summed E-state index contributed by atoms with van der Waals surface area (Å²) in [7, 11) is 0. The Bertz CT molecular complexity index is 2780. The maximum atomic E-state index is 14.0. The molecule has 3 heterocycles. The number of aromatic hydroxyl groups is 2. The lowest BCUT2D eigenvalue weighted by Gasteiger charge is -2.35. The number of benzene rings is 4. The minimum Gasteiger partial charge on any atom is -0.508 e. The second-order valence-corrected chi connectivity index (χ2v) is 22.0. The van der Waals surface area contributed by atoms with Crippen molar-refractivity contribution >= 4 is 57.7 Å². The van der Waals surface area contributed by atoms with E-state index in [0.29, 0.717) is 45.2 Å². The quantitative estimate of drug-likeness (QED) is 0.0199. The molecule has 2 fully saturated rings. The van der Waals surface area contributed by atoms with E-state index in [1.165, 1.54) is 4.90 Å². The third-order valence-electron chi connectivity index (χ3n) is 14.0. The van der Waals surface area contributed by atoms with Crippen molar-refractivity contribution in [2.45, 2.75) is 78.1 Å². The lowest BCUT2D eigenvalue weighted by molar-refractivity contribution is -0.144. The summed E-state index contributed by atoms with van der Waals surface area (Å²) in [6.07, 6.45) is 0.107. The van der Waals surface area contributed by atoms with E-state index in [2.05, 4.69) is 20.5 Å². The van der Waals surface area contributed by atoms with E-state index in [-0.39, 0.29) is 88.0 Å². The standard InChI is InChI=1S/C60H75ClN6O11S/c1-41-56(79-40-63-41)46-7-5-42(6-8-46)38-62-58(73)52-37-49(70)39-67(52)59(74)57(60(2,3)4)64-53(71)22-30-75-33-35-77-36-34-76-31-23-54(72)66-27-25-65(26-28-66)29-32-78-50-19-13-45(14-20-50)55(44-11-17-48(69)18-12-44)51(21-24-61)43-9-15-47(68)16-10-43/h5-20,40,49,52,57,68-70H,21-39H2,1-4H3,(H,62,73)(H,64,71)/t49-,52+,57-/m1/s1. The van der Waals surface area contributed by atoms with Gasteiger partial charge in [0, 0.05) is 64.5 Å². The first-order chi connectivity index (χ1) is 38.1. The van der Waals surface area contributed by atoms with E-state index in [1.807, 2.05) is 111 Å². The number of aryl methyl sites for hydroxylation is 1. The number of carbonyl (C=O) groups is 4. The number of alkyl halides is 1. The first-order valence-corrected chi connectivity index (χ1v) is 28.4. The number of hydrogen-bond acceptors (Lipinski definition) is 14. The van der Waals surface area contributed by atoms with Gasteiger partial charge in [-0.25, -0.2) is 4.98 Å². The number of β-amino-alcohol motifs (C(OH)–C–C–N with tert-alkyl or cyclic N) is 1. The normalized spacial score (nSPS) is 16.6. The molecule has 424 valence electrons. The summed E-state index contributed by atoms with van der Waals surface area (Å²) in [5.74, 6) is 0.377. The number of carbonyl (C=O) groups excluding carboxylic acids is 4. The first kappa shape index (κ1) is 60.3. The molecule has 79 heavy (non-hydrogen) atoms. The van der Waals surface area contributed by atoms with Crippen molar-refractivity contribution in [1.82, 2.24) is 30.3 Å². The molecule has 7 rings (SSSR count). The van der Waals surface area contributed by atoms with Gasteiger partial charge in [-0.05, 0) is 94.1 Å². The number of amides is 4. The van der Waals surface area contributed by atoms with Crippen LogP contribution in [0.4, 0.5) is 0 Å². The van der Waals surface area contributed by atoms with Crippen molar-refractivity contribution in [2.75, 3.05) is 91.4 Å². The van der Waals surface area contributed by atoms with Crippen molar-refractivity contribution in [1.29, 1.82) is 0 Å². The highest BCUT2D eigenvalue weighted by Gasteiger charge is 2.44. The fourth-order valence-electron chi connectivity index (χ4n) is 9.58. The number of hydrogen-bond donors (Lipinski definition) is 5. The number of likely N-dealkylation sites (tertiary alicyclic amines) is 1. The molecule has 5 aromatic rings. The number of rotatable bonds is 27. The Hall–Kier alpha value is -6.38. The molecular weight excluding hydrogens is 1050 g/mol. The third kappa shape index (κ3) is 17.8. The van der Waals surface area contributed by atoms with Crippen LogP contribution in [0.2, 0.25) is 0 Å². The first-order valence-electron chi connectivity index (χ1n) is 27.0. The van der Waals surface area contributed by atoms with E-state index < -0.39 is 29.5 Å². The van der Waals surface area contributed by atoms with E-state index in [1.54, 1.807) is 35.6 Å². The number of halogens is 1. The Labute approximate surface area is 472 Å². The second-order valence-electron chi connectivity index (χ2n) is 20.8. The summed E-state index contributed by atoms with van der Waals surface area (Å²) in [5, 5.41) is 36.3. The van der Waals surface area contributed by atoms with Gasteiger partial charge in [-0.2, -0.15) is 0 Å². The number of phenols is 2. The van der Waals surface area contributed by atoms with Crippen LogP contribution < -0.4 is 15.4 Å². The van der Waals surface area contributed by atoms with Crippen LogP contribution in [-0.4, -0.2) is 168 Å². The third-order valence-corrected chi connectivity index (χ3v) is 15.1. The Morgan fingerprint density at radius 2 is 1.33 bits per heavy atom. The summed E-state index contributed by atoms with van der Waals surface area (Å²) in [6, 6.07) is 28.2. The summed E-state index contributed by atoms with van der Waals surface area (Å²) in [6.45, 7) is 13.2. The smallest absolute Gasteiger partial charge is 0.246 e. The molecule has 0 spiro atoms. The molecular formula is C60H75ClN6O11S. The largest absolute Gasteiger partial charge is 0.508 e. The Balaban J connectivity index is 0.728. The lowest BCUT2D eigenvalue weighted by atomic mass is 9.85. The van der Waals surface area contributed by atoms with Crippen LogP contribution >= 0.6 is 22.9 Å². The SMILES string of the molecule is Cc1ncsc1-c1ccc(CNC(=O)[C@@H]2C[C@@H](O)CN2C(=O)[C@@H](NC(=O)CCOCCOCCOCCC(=O)N2CCN(CCOc3ccc(C(=C(CCCl)c4ccc(O)cc4)c4ccc(O)cc4)cc3)CC2)C(C)(C)C)cc1. The van der Waals surface area contributed by atoms with Gasteiger partial charge in [0.25, 0.3) is 0 Å². The highest BCUT2D eigenvalue weighted by atomic mass is 35.5. The average molecular weight is 1120 g/mol. The molecule has 0 bridgehead atoms.